The number of likely N-dealkylation sites (N-methyl/N-ethyl adjacent to an activating group) is 1. The molecule has 0 aromatic heterocycles. The fourth-order valence-corrected chi connectivity index (χ4v) is 3.68. The van der Waals surface area contributed by atoms with E-state index in [4.69, 9.17) is 0 Å². The molecule has 1 saturated heterocycles. The van der Waals surface area contributed by atoms with Crippen LogP contribution in [0.1, 0.15) is 13.3 Å². The van der Waals surface area contributed by atoms with E-state index in [0.29, 0.717) is 19.5 Å². The predicted molar refractivity (Wildman–Crippen MR) is 74.4 cm³/mol. The Kier molecular flexibility index (Phi) is 4.09. The van der Waals surface area contributed by atoms with Crippen LogP contribution in [0, 0.1) is 0 Å². The van der Waals surface area contributed by atoms with Gasteiger partial charge in [-0.05, 0) is 25.5 Å². The topological polar surface area (TPSA) is 57.7 Å². The highest BCUT2D eigenvalue weighted by Crippen LogP contribution is 2.17. The molecule has 0 atom stereocenters. The summed E-state index contributed by atoms with van der Waals surface area (Å²) in [5.74, 6) is -0.265. The molecule has 19 heavy (non-hydrogen) atoms. The number of benzene rings is 1. The van der Waals surface area contributed by atoms with E-state index in [2.05, 4.69) is 0 Å². The molecular weight excluding hydrogens is 264 g/mol. The second kappa shape index (κ2) is 5.61. The van der Waals surface area contributed by atoms with Crippen LogP contribution in [0.25, 0.3) is 0 Å². The van der Waals surface area contributed by atoms with Crippen molar-refractivity contribution in [1.29, 1.82) is 0 Å². The van der Waals surface area contributed by atoms with Crippen molar-refractivity contribution in [2.75, 3.05) is 30.3 Å². The van der Waals surface area contributed by atoms with Crippen molar-refractivity contribution in [3.63, 3.8) is 0 Å². The van der Waals surface area contributed by atoms with E-state index < -0.39 is 10.0 Å². The summed E-state index contributed by atoms with van der Waals surface area (Å²) in [5.41, 5.74) is 0.926. The molecule has 0 saturated carbocycles. The van der Waals surface area contributed by atoms with Gasteiger partial charge in [-0.25, -0.2) is 12.7 Å². The number of anilines is 1. The third-order valence-corrected chi connectivity index (χ3v) is 5.07. The lowest BCUT2D eigenvalue weighted by Gasteiger charge is -2.24. The molecule has 104 valence electrons. The van der Waals surface area contributed by atoms with E-state index in [9.17, 15) is 13.2 Å². The van der Waals surface area contributed by atoms with Gasteiger partial charge in [-0.3, -0.25) is 4.79 Å². The van der Waals surface area contributed by atoms with E-state index in [0.717, 1.165) is 9.99 Å². The first-order valence-electron chi connectivity index (χ1n) is 6.38. The van der Waals surface area contributed by atoms with Crippen molar-refractivity contribution < 1.29 is 13.2 Å². The Balaban J connectivity index is 2.09. The Labute approximate surface area is 113 Å². The van der Waals surface area contributed by atoms with Gasteiger partial charge in [0.1, 0.15) is 0 Å². The molecule has 5 nitrogen and oxygen atoms in total. The largest absolute Gasteiger partial charge is 0.362 e. The maximum atomic E-state index is 12.1. The van der Waals surface area contributed by atoms with Crippen LogP contribution in [0.2, 0.25) is 0 Å². The van der Waals surface area contributed by atoms with E-state index in [1.165, 1.54) is 0 Å². The van der Waals surface area contributed by atoms with Crippen LogP contribution >= 0.6 is 0 Å². The first-order chi connectivity index (χ1) is 9.04. The summed E-state index contributed by atoms with van der Waals surface area (Å²) < 4.78 is 24.4. The molecule has 6 heteroatoms. The lowest BCUT2D eigenvalue weighted by molar-refractivity contribution is -0.124. The van der Waals surface area contributed by atoms with Gasteiger partial charge in [-0.15, -0.1) is 0 Å². The van der Waals surface area contributed by atoms with Crippen molar-refractivity contribution in [3.05, 3.63) is 30.3 Å². The highest BCUT2D eigenvalue weighted by molar-refractivity contribution is 7.89. The molecular formula is C13H18N2O3S. The minimum absolute atomic E-state index is 0.0796. The summed E-state index contributed by atoms with van der Waals surface area (Å²) in [6.45, 7) is 3.01. The van der Waals surface area contributed by atoms with Gasteiger partial charge in [0.2, 0.25) is 10.0 Å². The molecule has 0 bridgehead atoms. The summed E-state index contributed by atoms with van der Waals surface area (Å²) in [5, 5.41) is 0. The molecule has 1 aliphatic heterocycles. The van der Waals surface area contributed by atoms with E-state index in [1.807, 2.05) is 42.2 Å². The Bertz CT molecular complexity index is 542. The summed E-state index contributed by atoms with van der Waals surface area (Å²) in [6, 6.07) is 9.53. The van der Waals surface area contributed by atoms with Gasteiger partial charge in [0.15, 0.2) is 0 Å². The smallest absolute Gasteiger partial charge is 0.255 e. The number of amides is 1. The molecule has 0 unspecified atom stereocenters. The zero-order valence-electron chi connectivity index (χ0n) is 10.9. The van der Waals surface area contributed by atoms with Gasteiger partial charge in [0.25, 0.3) is 5.91 Å². The van der Waals surface area contributed by atoms with Crippen LogP contribution in [0.15, 0.2) is 30.3 Å². The number of rotatable bonds is 4. The van der Waals surface area contributed by atoms with Gasteiger partial charge >= 0.3 is 0 Å². The van der Waals surface area contributed by atoms with Crippen LogP contribution in [-0.4, -0.2) is 44.0 Å². The van der Waals surface area contributed by atoms with Crippen LogP contribution in [0.4, 0.5) is 5.69 Å². The second-order valence-corrected chi connectivity index (χ2v) is 6.50. The van der Waals surface area contributed by atoms with E-state index in [-0.39, 0.29) is 18.2 Å². The normalized spacial score (nSPS) is 17.4. The third kappa shape index (κ3) is 3.07. The zero-order valence-corrected chi connectivity index (χ0v) is 11.8. The number of carbonyl (C=O) groups is 1. The molecule has 0 N–H and O–H groups in total. The molecule has 1 fully saturated rings. The molecule has 1 heterocycles. The Morgan fingerprint density at radius 1 is 1.32 bits per heavy atom. The van der Waals surface area contributed by atoms with Crippen molar-refractivity contribution in [3.8, 4) is 0 Å². The lowest BCUT2D eigenvalue weighted by atomic mass is 10.3. The van der Waals surface area contributed by atoms with E-state index in [1.54, 1.807) is 0 Å². The maximum Gasteiger partial charge on any atom is 0.255 e. The number of para-hydroxylation sites is 1. The zero-order chi connectivity index (χ0) is 13.9. The summed E-state index contributed by atoms with van der Waals surface area (Å²) in [7, 11) is -3.37. The monoisotopic (exact) mass is 282 g/mol. The van der Waals surface area contributed by atoms with Gasteiger partial charge in [-0.1, -0.05) is 18.2 Å². The lowest BCUT2D eigenvalue weighted by Crippen LogP contribution is -2.41. The molecule has 0 spiro atoms. The second-order valence-electron chi connectivity index (χ2n) is 4.49. The van der Waals surface area contributed by atoms with Crippen molar-refractivity contribution in [2.45, 2.75) is 13.3 Å². The average Bonchev–Trinajstić information content (AvgIpc) is 2.76. The number of sulfonamides is 1. The van der Waals surface area contributed by atoms with E-state index >= 15 is 0 Å². The fraction of sp³-hybridized carbons (Fsp3) is 0.462. The number of nitrogens with zero attached hydrogens (tertiary/aromatic N) is 2. The van der Waals surface area contributed by atoms with Gasteiger partial charge in [0.05, 0.1) is 12.3 Å². The summed E-state index contributed by atoms with van der Waals surface area (Å²) in [4.78, 5) is 14.0. The first kappa shape index (κ1) is 13.9. The molecule has 1 aromatic carbocycles. The quantitative estimate of drug-likeness (QED) is 0.829. The molecule has 0 radical (unpaired) electrons. The molecule has 1 aromatic rings. The Morgan fingerprint density at radius 3 is 2.53 bits per heavy atom. The van der Waals surface area contributed by atoms with Crippen LogP contribution in [-0.2, 0) is 14.8 Å². The minimum Gasteiger partial charge on any atom is -0.362 e. The van der Waals surface area contributed by atoms with Crippen molar-refractivity contribution >= 4 is 21.6 Å². The van der Waals surface area contributed by atoms with Crippen molar-refractivity contribution in [2.24, 2.45) is 0 Å². The minimum atomic E-state index is -3.37. The SMILES string of the molecule is CCN(CC(=O)N1CCCS1(=O)=O)c1ccccc1. The Morgan fingerprint density at radius 2 is 2.00 bits per heavy atom. The first-order valence-corrected chi connectivity index (χ1v) is 7.99. The number of hydrogen-bond acceptors (Lipinski definition) is 4. The highest BCUT2D eigenvalue weighted by atomic mass is 32.2. The molecule has 0 aliphatic carbocycles. The van der Waals surface area contributed by atoms with Gasteiger partial charge in [0, 0.05) is 18.8 Å². The third-order valence-electron chi connectivity index (χ3n) is 3.21. The van der Waals surface area contributed by atoms with Gasteiger partial charge < -0.3 is 4.90 Å². The van der Waals surface area contributed by atoms with Crippen molar-refractivity contribution in [1.82, 2.24) is 4.31 Å². The standard InChI is InChI=1S/C13H18N2O3S/c1-2-14(12-7-4-3-5-8-12)11-13(16)15-9-6-10-19(15,17)18/h3-5,7-8H,2,6,9-11H2,1H3. The average molecular weight is 282 g/mol. The van der Waals surface area contributed by atoms with Crippen LogP contribution in [0.3, 0.4) is 0 Å². The highest BCUT2D eigenvalue weighted by Gasteiger charge is 2.32. The van der Waals surface area contributed by atoms with Crippen LogP contribution in [0.5, 0.6) is 0 Å². The van der Waals surface area contributed by atoms with Gasteiger partial charge in [-0.2, -0.15) is 0 Å². The molecule has 1 amide bonds. The number of hydrogen-bond donors (Lipinski definition) is 0. The van der Waals surface area contributed by atoms with Crippen LogP contribution < -0.4 is 4.90 Å². The predicted octanol–water partition coefficient (Wildman–Crippen LogP) is 1.07. The number of carbonyl (C=O) groups excluding carboxylic acids is 1. The summed E-state index contributed by atoms with van der Waals surface area (Å²) in [6.07, 6.45) is 0.533. The Hall–Kier alpha value is -1.56. The molecule has 2 rings (SSSR count). The summed E-state index contributed by atoms with van der Waals surface area (Å²) >= 11 is 0. The molecule has 1 aliphatic rings. The fourth-order valence-electron chi connectivity index (χ4n) is 2.19. The maximum absolute atomic E-state index is 12.1.